The second-order valence-corrected chi connectivity index (χ2v) is 9.90. The summed E-state index contributed by atoms with van der Waals surface area (Å²) < 4.78 is 47.3. The van der Waals surface area contributed by atoms with E-state index in [1.807, 2.05) is 6.07 Å². The lowest BCUT2D eigenvalue weighted by Gasteiger charge is -2.29. The summed E-state index contributed by atoms with van der Waals surface area (Å²) in [7, 11) is 0. The molecule has 3 aromatic rings. The number of carbonyl (C=O) groups excluding carboxylic acids is 1. The van der Waals surface area contributed by atoms with Gasteiger partial charge in [0.2, 0.25) is 0 Å². The number of ether oxygens (including phenoxy) is 5. The van der Waals surface area contributed by atoms with E-state index in [4.69, 9.17) is 23.7 Å². The fourth-order valence-corrected chi connectivity index (χ4v) is 5.15. The van der Waals surface area contributed by atoms with Crippen LogP contribution in [0.4, 0.5) is 10.2 Å². The van der Waals surface area contributed by atoms with Crippen LogP contribution in [-0.2, 0) is 23.7 Å². The van der Waals surface area contributed by atoms with Crippen molar-refractivity contribution >= 4 is 22.9 Å². The molecule has 39 heavy (non-hydrogen) atoms. The number of hydrogen-bond acceptors (Lipinski definition) is 9. The Labute approximate surface area is 225 Å². The largest absolute Gasteiger partial charge is 0.353 e. The molecule has 12 heteroatoms. The van der Waals surface area contributed by atoms with Gasteiger partial charge in [0.05, 0.1) is 12.9 Å². The van der Waals surface area contributed by atoms with E-state index in [1.54, 1.807) is 24.3 Å². The molecule has 0 spiro atoms. The van der Waals surface area contributed by atoms with Gasteiger partial charge in [-0.3, -0.25) is 9.36 Å². The molecule has 1 aromatic carbocycles. The summed E-state index contributed by atoms with van der Waals surface area (Å²) >= 11 is 0. The van der Waals surface area contributed by atoms with Gasteiger partial charge in [-0.15, -0.1) is 0 Å². The van der Waals surface area contributed by atoms with Crippen LogP contribution in [0.3, 0.4) is 0 Å². The molecular weight excluding hydrogens is 509 g/mol. The zero-order valence-corrected chi connectivity index (χ0v) is 21.5. The number of fused-ring (bicyclic) bond motifs is 1. The number of benzene rings is 1. The van der Waals surface area contributed by atoms with Gasteiger partial charge in [0, 0.05) is 18.8 Å². The van der Waals surface area contributed by atoms with Crippen LogP contribution in [0.5, 0.6) is 0 Å². The number of anilines is 1. The summed E-state index contributed by atoms with van der Waals surface area (Å²) in [6.45, 7) is 1.33. The maximum atomic E-state index is 16.1. The topological polar surface area (TPSA) is 119 Å². The Morgan fingerprint density at radius 1 is 1.03 bits per heavy atom. The average molecular weight is 542 g/mol. The molecule has 6 rings (SSSR count). The van der Waals surface area contributed by atoms with E-state index in [2.05, 4.69) is 20.3 Å². The molecule has 3 aliphatic rings. The maximum Gasteiger partial charge on any atom is 0.256 e. The highest BCUT2D eigenvalue weighted by molar-refractivity contribution is 6.06. The Balaban J connectivity index is 1.22. The van der Waals surface area contributed by atoms with E-state index in [0.29, 0.717) is 36.4 Å². The molecule has 11 nitrogen and oxygen atoms in total. The molecule has 3 saturated heterocycles. The highest BCUT2D eigenvalue weighted by Crippen LogP contribution is 2.37. The number of amides is 1. The molecule has 3 aliphatic heterocycles. The second kappa shape index (κ2) is 12.0. The number of hydrogen-bond donors (Lipinski definition) is 1. The minimum Gasteiger partial charge on any atom is -0.353 e. The second-order valence-electron chi connectivity index (χ2n) is 9.90. The van der Waals surface area contributed by atoms with Gasteiger partial charge in [0.25, 0.3) is 5.91 Å². The molecule has 6 atom stereocenters. The van der Waals surface area contributed by atoms with E-state index in [9.17, 15) is 4.79 Å². The van der Waals surface area contributed by atoms with Gasteiger partial charge in [-0.25, -0.2) is 19.3 Å². The zero-order valence-electron chi connectivity index (χ0n) is 21.5. The fourth-order valence-electron chi connectivity index (χ4n) is 5.15. The van der Waals surface area contributed by atoms with Crippen molar-refractivity contribution in [2.75, 3.05) is 25.1 Å². The van der Waals surface area contributed by atoms with Crippen molar-refractivity contribution in [2.45, 2.75) is 75.7 Å². The first-order valence-corrected chi connectivity index (χ1v) is 13.5. The molecule has 208 valence electrons. The molecule has 1 N–H and O–H groups in total. The first-order chi connectivity index (χ1) is 19.2. The van der Waals surface area contributed by atoms with Crippen LogP contribution < -0.4 is 5.32 Å². The Kier molecular flexibility index (Phi) is 8.07. The number of imidazole rings is 1. The molecule has 0 bridgehead atoms. The van der Waals surface area contributed by atoms with Gasteiger partial charge in [-0.05, 0) is 50.7 Å². The smallest absolute Gasteiger partial charge is 0.256 e. The monoisotopic (exact) mass is 541 g/mol. The van der Waals surface area contributed by atoms with Crippen LogP contribution in [0.2, 0.25) is 0 Å². The van der Waals surface area contributed by atoms with Crippen LogP contribution in [0.1, 0.15) is 55.1 Å². The van der Waals surface area contributed by atoms with E-state index in [0.717, 1.165) is 32.1 Å². The van der Waals surface area contributed by atoms with Crippen LogP contribution in [0, 0.1) is 0 Å². The number of nitrogens with one attached hydrogen (secondary N) is 1. The maximum absolute atomic E-state index is 16.1. The minimum atomic E-state index is -1.55. The van der Waals surface area contributed by atoms with E-state index >= 15 is 4.39 Å². The summed E-state index contributed by atoms with van der Waals surface area (Å²) in [6, 6.07) is 8.77. The molecule has 2 aromatic heterocycles. The average Bonchev–Trinajstić information content (AvgIpc) is 3.55. The minimum absolute atomic E-state index is 0.110. The standard InChI is InChI=1S/C27H32FN5O6/c28-21-23(39-20-11-5-7-13-36-20)18(14-37-19-10-4-6-12-35-19)38-27(21)33-16-31-22-24(29-15-30-25(22)33)32-26(34)17-8-2-1-3-9-17/h1-3,8-9,15-16,18-21,23,27H,4-7,10-14H2,(H,29,30,32,34)/t18-,19?,20?,21-,23-,27-/m1/s1. The summed E-state index contributed by atoms with van der Waals surface area (Å²) in [5.41, 5.74) is 1.12. The molecular formula is C27H32FN5O6. The summed E-state index contributed by atoms with van der Waals surface area (Å²) in [4.78, 5) is 25.6. The van der Waals surface area contributed by atoms with E-state index < -0.39 is 30.9 Å². The summed E-state index contributed by atoms with van der Waals surface area (Å²) in [5.74, 6) is -0.118. The van der Waals surface area contributed by atoms with Crippen molar-refractivity contribution in [3.63, 3.8) is 0 Å². The highest BCUT2D eigenvalue weighted by Gasteiger charge is 2.49. The molecule has 0 radical (unpaired) electrons. The number of halogens is 1. The molecule has 2 unspecified atom stereocenters. The summed E-state index contributed by atoms with van der Waals surface area (Å²) in [6.07, 6.45) is 3.07. The lowest BCUT2D eigenvalue weighted by Crippen LogP contribution is -2.40. The first kappa shape index (κ1) is 26.2. The number of alkyl halides is 1. The predicted molar refractivity (Wildman–Crippen MR) is 137 cm³/mol. The Morgan fingerprint density at radius 2 is 1.79 bits per heavy atom. The van der Waals surface area contributed by atoms with E-state index in [-0.39, 0.29) is 24.6 Å². The number of rotatable bonds is 8. The van der Waals surface area contributed by atoms with Crippen molar-refractivity contribution < 1.29 is 32.9 Å². The normalized spacial score (nSPS) is 29.5. The van der Waals surface area contributed by atoms with Gasteiger partial charge < -0.3 is 29.0 Å². The number of carbonyl (C=O) groups is 1. The Bertz CT molecular complexity index is 1250. The molecule has 0 aliphatic carbocycles. The quantitative estimate of drug-likeness (QED) is 0.455. The van der Waals surface area contributed by atoms with Gasteiger partial charge in [0.15, 0.2) is 42.0 Å². The molecule has 3 fully saturated rings. The van der Waals surface area contributed by atoms with Gasteiger partial charge in [0.1, 0.15) is 18.5 Å². The van der Waals surface area contributed by atoms with Crippen molar-refractivity contribution in [1.82, 2.24) is 19.5 Å². The van der Waals surface area contributed by atoms with Gasteiger partial charge in [-0.2, -0.15) is 0 Å². The third-order valence-corrected chi connectivity index (χ3v) is 7.20. The molecule has 1 amide bonds. The Morgan fingerprint density at radius 3 is 2.54 bits per heavy atom. The van der Waals surface area contributed by atoms with Gasteiger partial charge in [-0.1, -0.05) is 18.2 Å². The molecule has 0 saturated carbocycles. The summed E-state index contributed by atoms with van der Waals surface area (Å²) in [5, 5.41) is 2.77. The van der Waals surface area contributed by atoms with Crippen LogP contribution in [-0.4, -0.2) is 76.2 Å². The number of aromatic nitrogens is 4. The Hall–Kier alpha value is -3.03. The van der Waals surface area contributed by atoms with Crippen LogP contribution in [0.25, 0.3) is 11.2 Å². The van der Waals surface area contributed by atoms with Crippen molar-refractivity contribution in [1.29, 1.82) is 0 Å². The van der Waals surface area contributed by atoms with Crippen molar-refractivity contribution in [2.24, 2.45) is 0 Å². The van der Waals surface area contributed by atoms with E-state index in [1.165, 1.54) is 17.2 Å². The third-order valence-electron chi connectivity index (χ3n) is 7.20. The van der Waals surface area contributed by atoms with Gasteiger partial charge >= 0.3 is 0 Å². The van der Waals surface area contributed by atoms with Crippen LogP contribution in [0.15, 0.2) is 43.0 Å². The SMILES string of the molecule is O=C(Nc1ncnc2c1ncn2[C@@H]1O[C@H](COC2CCCCO2)[C@@H](OC2CCCCO2)[C@H]1F)c1ccccc1. The number of nitrogens with zero attached hydrogens (tertiary/aromatic N) is 4. The van der Waals surface area contributed by atoms with Crippen molar-refractivity contribution in [3.8, 4) is 0 Å². The van der Waals surface area contributed by atoms with Crippen LogP contribution >= 0.6 is 0 Å². The predicted octanol–water partition coefficient (Wildman–Crippen LogP) is 3.77. The highest BCUT2D eigenvalue weighted by atomic mass is 19.1. The zero-order chi connectivity index (χ0) is 26.6. The first-order valence-electron chi connectivity index (χ1n) is 13.5. The third kappa shape index (κ3) is 5.80. The fraction of sp³-hybridized carbons (Fsp3) is 0.556. The molecule has 5 heterocycles. The lowest BCUT2D eigenvalue weighted by molar-refractivity contribution is -0.220. The lowest BCUT2D eigenvalue weighted by atomic mass is 10.1. The van der Waals surface area contributed by atoms with Crippen molar-refractivity contribution in [3.05, 3.63) is 48.5 Å².